The van der Waals surface area contributed by atoms with E-state index in [2.05, 4.69) is 31.0 Å². The van der Waals surface area contributed by atoms with Gasteiger partial charge in [-0.25, -0.2) is 0 Å². The molecule has 0 radical (unpaired) electrons. The molecule has 2 rings (SSSR count). The van der Waals surface area contributed by atoms with Crippen molar-refractivity contribution < 1.29 is 9.15 Å². The average molecular weight is 266 g/mol. The van der Waals surface area contributed by atoms with Gasteiger partial charge in [0.15, 0.2) is 0 Å². The fourth-order valence-electron chi connectivity index (χ4n) is 2.55. The third-order valence-electron chi connectivity index (χ3n) is 3.69. The Morgan fingerprint density at radius 2 is 2.32 bits per heavy atom. The molecule has 0 aliphatic carbocycles. The molecule has 1 saturated heterocycles. The molecule has 0 amide bonds. The number of furan rings is 1. The summed E-state index contributed by atoms with van der Waals surface area (Å²) in [5, 5.41) is 3.56. The Morgan fingerprint density at radius 3 is 2.95 bits per heavy atom. The Kier molecular flexibility index (Phi) is 5.43. The summed E-state index contributed by atoms with van der Waals surface area (Å²) in [4.78, 5) is 2.47. The molecular weight excluding hydrogens is 240 g/mol. The highest BCUT2D eigenvalue weighted by Gasteiger charge is 2.31. The first kappa shape index (κ1) is 14.6. The highest BCUT2D eigenvalue weighted by atomic mass is 16.5. The first-order valence-electron chi connectivity index (χ1n) is 7.34. The molecule has 4 heteroatoms. The lowest BCUT2D eigenvalue weighted by molar-refractivity contribution is -0.0590. The minimum atomic E-state index is 0.150. The summed E-state index contributed by atoms with van der Waals surface area (Å²) in [6.07, 6.45) is 3.01. The monoisotopic (exact) mass is 266 g/mol. The van der Waals surface area contributed by atoms with Crippen molar-refractivity contribution in [2.24, 2.45) is 0 Å². The highest BCUT2D eigenvalue weighted by Crippen LogP contribution is 2.23. The molecule has 2 heterocycles. The van der Waals surface area contributed by atoms with Crippen LogP contribution in [0.15, 0.2) is 22.8 Å². The van der Waals surface area contributed by atoms with E-state index in [4.69, 9.17) is 9.15 Å². The maximum Gasteiger partial charge on any atom is 0.123 e. The number of morpholine rings is 1. The maximum absolute atomic E-state index is 5.98. The van der Waals surface area contributed by atoms with Crippen LogP contribution in [0.3, 0.4) is 0 Å². The van der Waals surface area contributed by atoms with Crippen LogP contribution >= 0.6 is 0 Å². The molecule has 0 aromatic carbocycles. The smallest absolute Gasteiger partial charge is 0.123 e. The molecule has 1 aliphatic rings. The van der Waals surface area contributed by atoms with Crippen LogP contribution in [0, 0.1) is 0 Å². The molecule has 2 unspecified atom stereocenters. The molecule has 0 saturated carbocycles. The van der Waals surface area contributed by atoms with Gasteiger partial charge < -0.3 is 14.5 Å². The van der Waals surface area contributed by atoms with Crippen LogP contribution in [-0.4, -0.2) is 43.3 Å². The number of rotatable bonds is 6. The fourth-order valence-corrected chi connectivity index (χ4v) is 2.55. The Morgan fingerprint density at radius 1 is 1.47 bits per heavy atom. The molecule has 1 aromatic rings. The third kappa shape index (κ3) is 3.81. The highest BCUT2D eigenvalue weighted by molar-refractivity contribution is 5.07. The molecule has 0 bridgehead atoms. The van der Waals surface area contributed by atoms with Crippen LogP contribution in [0.2, 0.25) is 0 Å². The van der Waals surface area contributed by atoms with Crippen molar-refractivity contribution in [1.29, 1.82) is 0 Å². The zero-order valence-electron chi connectivity index (χ0n) is 12.3. The lowest BCUT2D eigenvalue weighted by Crippen LogP contribution is -2.50. The maximum atomic E-state index is 5.98. The van der Waals surface area contributed by atoms with Gasteiger partial charge in [-0.15, -0.1) is 0 Å². The normalized spacial score (nSPS) is 22.8. The predicted octanol–water partition coefficient (Wildman–Crippen LogP) is 2.43. The van der Waals surface area contributed by atoms with Gasteiger partial charge in [-0.05, 0) is 38.9 Å². The van der Waals surface area contributed by atoms with Crippen LogP contribution in [0.25, 0.3) is 0 Å². The summed E-state index contributed by atoms with van der Waals surface area (Å²) in [7, 11) is 0. The van der Waals surface area contributed by atoms with Crippen molar-refractivity contribution in [2.45, 2.75) is 45.4 Å². The summed E-state index contributed by atoms with van der Waals surface area (Å²) >= 11 is 0. The van der Waals surface area contributed by atoms with E-state index in [0.717, 1.165) is 38.4 Å². The van der Waals surface area contributed by atoms with Crippen LogP contribution in [0.5, 0.6) is 0 Å². The summed E-state index contributed by atoms with van der Waals surface area (Å²) in [5.41, 5.74) is 0. The topological polar surface area (TPSA) is 37.6 Å². The summed E-state index contributed by atoms with van der Waals surface area (Å²) in [5.74, 6) is 0.976. The Hall–Kier alpha value is -0.840. The Balaban J connectivity index is 2.05. The minimum absolute atomic E-state index is 0.150. The van der Waals surface area contributed by atoms with Gasteiger partial charge in [-0.3, -0.25) is 4.90 Å². The van der Waals surface area contributed by atoms with Gasteiger partial charge in [0.25, 0.3) is 0 Å². The number of hydrogen-bond acceptors (Lipinski definition) is 4. The lowest BCUT2D eigenvalue weighted by Gasteiger charge is -2.38. The van der Waals surface area contributed by atoms with E-state index < -0.39 is 0 Å². The largest absolute Gasteiger partial charge is 0.468 e. The fraction of sp³-hybridized carbons (Fsp3) is 0.733. The van der Waals surface area contributed by atoms with Crippen molar-refractivity contribution in [3.8, 4) is 0 Å². The lowest BCUT2D eigenvalue weighted by atomic mass is 10.1. The van der Waals surface area contributed by atoms with Crippen molar-refractivity contribution in [2.75, 3.05) is 26.2 Å². The summed E-state index contributed by atoms with van der Waals surface area (Å²) in [6, 6.07) is 4.69. The van der Waals surface area contributed by atoms with Crippen molar-refractivity contribution in [3.63, 3.8) is 0 Å². The van der Waals surface area contributed by atoms with Gasteiger partial charge in [0, 0.05) is 19.1 Å². The van der Waals surface area contributed by atoms with Crippen molar-refractivity contribution in [3.05, 3.63) is 24.2 Å². The SMILES string of the molecule is CCCNC(c1ccco1)C1CN(C(C)C)CCO1. The predicted molar refractivity (Wildman–Crippen MR) is 76.2 cm³/mol. The standard InChI is InChI=1S/C15H26N2O2/c1-4-7-16-15(13-6-5-9-18-13)14-11-17(12(2)3)8-10-19-14/h5-6,9,12,14-16H,4,7-8,10-11H2,1-3H3. The van der Waals surface area contributed by atoms with Gasteiger partial charge in [-0.1, -0.05) is 6.92 Å². The van der Waals surface area contributed by atoms with Crippen molar-refractivity contribution >= 4 is 0 Å². The summed E-state index contributed by atoms with van der Waals surface area (Å²) < 4.78 is 11.6. The number of nitrogens with zero attached hydrogens (tertiary/aromatic N) is 1. The second kappa shape index (κ2) is 7.08. The van der Waals surface area contributed by atoms with Crippen LogP contribution < -0.4 is 5.32 Å². The van der Waals surface area contributed by atoms with E-state index >= 15 is 0 Å². The van der Waals surface area contributed by atoms with Gasteiger partial charge >= 0.3 is 0 Å². The van der Waals surface area contributed by atoms with Gasteiger partial charge in [0.1, 0.15) is 5.76 Å². The molecule has 1 aromatic heterocycles. The molecule has 1 N–H and O–H groups in total. The molecular formula is C15H26N2O2. The Labute approximate surface area is 116 Å². The number of hydrogen-bond donors (Lipinski definition) is 1. The molecule has 108 valence electrons. The summed E-state index contributed by atoms with van der Waals surface area (Å²) in [6.45, 7) is 10.4. The quantitative estimate of drug-likeness (QED) is 0.858. The first-order chi connectivity index (χ1) is 9.22. The molecule has 19 heavy (non-hydrogen) atoms. The Bertz CT molecular complexity index is 351. The molecule has 1 aliphatic heterocycles. The van der Waals surface area contributed by atoms with Crippen LogP contribution in [0.1, 0.15) is 39.0 Å². The second-order valence-corrected chi connectivity index (χ2v) is 5.45. The molecule has 0 spiro atoms. The third-order valence-corrected chi connectivity index (χ3v) is 3.69. The van der Waals surface area contributed by atoms with E-state index in [1.54, 1.807) is 6.26 Å². The van der Waals surface area contributed by atoms with E-state index in [0.29, 0.717) is 6.04 Å². The van der Waals surface area contributed by atoms with E-state index in [9.17, 15) is 0 Å². The minimum Gasteiger partial charge on any atom is -0.468 e. The van der Waals surface area contributed by atoms with Crippen LogP contribution in [0.4, 0.5) is 0 Å². The van der Waals surface area contributed by atoms with Gasteiger partial charge in [-0.2, -0.15) is 0 Å². The van der Waals surface area contributed by atoms with E-state index in [1.165, 1.54) is 0 Å². The number of nitrogens with one attached hydrogen (secondary N) is 1. The molecule has 1 fully saturated rings. The zero-order valence-corrected chi connectivity index (χ0v) is 12.3. The van der Waals surface area contributed by atoms with Gasteiger partial charge in [0.05, 0.1) is 25.0 Å². The second-order valence-electron chi connectivity index (χ2n) is 5.45. The first-order valence-corrected chi connectivity index (χ1v) is 7.34. The number of ether oxygens (including phenoxy) is 1. The van der Waals surface area contributed by atoms with Crippen molar-refractivity contribution in [1.82, 2.24) is 10.2 Å². The average Bonchev–Trinajstić information content (AvgIpc) is 2.93. The van der Waals surface area contributed by atoms with E-state index in [-0.39, 0.29) is 12.1 Å². The molecule has 2 atom stereocenters. The van der Waals surface area contributed by atoms with Crippen LogP contribution in [-0.2, 0) is 4.74 Å². The zero-order chi connectivity index (χ0) is 13.7. The van der Waals surface area contributed by atoms with E-state index in [1.807, 2.05) is 12.1 Å². The van der Waals surface area contributed by atoms with Gasteiger partial charge in [0.2, 0.25) is 0 Å². The molecule has 4 nitrogen and oxygen atoms in total.